The van der Waals surface area contributed by atoms with Gasteiger partial charge < -0.3 is 10.6 Å². The lowest BCUT2D eigenvalue weighted by Gasteiger charge is -2.26. The number of hydrogen-bond acceptors (Lipinski definition) is 3. The van der Waals surface area contributed by atoms with Gasteiger partial charge in [0.1, 0.15) is 5.82 Å². The van der Waals surface area contributed by atoms with Crippen molar-refractivity contribution in [2.45, 2.75) is 44.7 Å². The van der Waals surface area contributed by atoms with Crippen LogP contribution < -0.4 is 10.6 Å². The molecule has 0 spiro atoms. The second-order valence-corrected chi connectivity index (χ2v) is 8.97. The largest absolute Gasteiger partial charge is 0.352 e. The van der Waals surface area contributed by atoms with E-state index >= 15 is 0 Å². The second-order valence-electron chi connectivity index (χ2n) is 6.48. The maximum atomic E-state index is 14.3. The summed E-state index contributed by atoms with van der Waals surface area (Å²) in [7, 11) is 0. The van der Waals surface area contributed by atoms with Gasteiger partial charge in [0, 0.05) is 17.0 Å². The maximum absolute atomic E-state index is 14.3. The van der Waals surface area contributed by atoms with Crippen LogP contribution in [0.5, 0.6) is 0 Å². The Morgan fingerprint density at radius 1 is 1.04 bits per heavy atom. The average molecular weight is 477 g/mol. The molecule has 1 heterocycles. The van der Waals surface area contributed by atoms with Gasteiger partial charge in [-0.05, 0) is 61.0 Å². The molecular formula is C19H20BrF3N2O2S. The van der Waals surface area contributed by atoms with E-state index in [1.807, 2.05) is 12.1 Å². The molecule has 28 heavy (non-hydrogen) atoms. The van der Waals surface area contributed by atoms with Gasteiger partial charge in [0.25, 0.3) is 5.91 Å². The fourth-order valence-corrected chi connectivity index (χ4v) is 3.90. The standard InChI is InChI=1S/C19H20BrF3N2O2S/c1-10(15-8-9-16(20)28-15)17(26)24-11(2)12(3)25-18(27)19(22,23)13-6-4-5-7-14(13)21/h4-12H,1-3H3,(H,24,26)(H,25,27). The Morgan fingerprint density at radius 3 is 2.21 bits per heavy atom. The number of benzene rings is 1. The number of carbonyl (C=O) groups is 2. The van der Waals surface area contributed by atoms with Crippen molar-refractivity contribution < 1.29 is 22.8 Å². The zero-order valence-electron chi connectivity index (χ0n) is 15.4. The van der Waals surface area contributed by atoms with Gasteiger partial charge in [-0.25, -0.2) is 4.39 Å². The first kappa shape index (κ1) is 22.4. The lowest BCUT2D eigenvalue weighted by molar-refractivity contribution is -0.148. The van der Waals surface area contributed by atoms with Crippen molar-refractivity contribution in [2.24, 2.45) is 0 Å². The number of amides is 2. The van der Waals surface area contributed by atoms with Crippen molar-refractivity contribution in [3.05, 3.63) is 56.4 Å². The van der Waals surface area contributed by atoms with Gasteiger partial charge >= 0.3 is 5.92 Å². The van der Waals surface area contributed by atoms with Crippen molar-refractivity contribution in [1.82, 2.24) is 10.6 Å². The topological polar surface area (TPSA) is 58.2 Å². The molecule has 9 heteroatoms. The van der Waals surface area contributed by atoms with Gasteiger partial charge in [0.05, 0.1) is 15.3 Å². The second kappa shape index (κ2) is 9.09. The summed E-state index contributed by atoms with van der Waals surface area (Å²) in [5, 5.41) is 4.87. The molecule has 0 radical (unpaired) electrons. The molecule has 0 aliphatic carbocycles. The Labute approximate surface area is 173 Å². The zero-order chi connectivity index (χ0) is 21.1. The molecule has 2 rings (SSSR count). The summed E-state index contributed by atoms with van der Waals surface area (Å²) in [5.74, 6) is -7.53. The quantitative estimate of drug-likeness (QED) is 0.615. The summed E-state index contributed by atoms with van der Waals surface area (Å²) in [4.78, 5) is 25.3. The van der Waals surface area contributed by atoms with Crippen LogP contribution >= 0.6 is 27.3 Å². The Morgan fingerprint density at radius 2 is 1.64 bits per heavy atom. The maximum Gasteiger partial charge on any atom is 0.352 e. The van der Waals surface area contributed by atoms with E-state index in [-0.39, 0.29) is 5.91 Å². The van der Waals surface area contributed by atoms with Gasteiger partial charge in [-0.15, -0.1) is 11.3 Å². The van der Waals surface area contributed by atoms with E-state index in [2.05, 4.69) is 26.6 Å². The van der Waals surface area contributed by atoms with Gasteiger partial charge in [-0.3, -0.25) is 9.59 Å². The number of rotatable bonds is 7. The summed E-state index contributed by atoms with van der Waals surface area (Å²) >= 11 is 4.76. The molecule has 4 nitrogen and oxygen atoms in total. The highest BCUT2D eigenvalue weighted by Crippen LogP contribution is 2.31. The van der Waals surface area contributed by atoms with Crippen LogP contribution in [0.3, 0.4) is 0 Å². The first-order chi connectivity index (χ1) is 13.0. The lowest BCUT2D eigenvalue weighted by Crippen LogP contribution is -2.52. The molecule has 3 atom stereocenters. The molecule has 0 fully saturated rings. The molecular weight excluding hydrogens is 457 g/mol. The van der Waals surface area contributed by atoms with Crippen LogP contribution in [0.4, 0.5) is 13.2 Å². The van der Waals surface area contributed by atoms with E-state index in [9.17, 15) is 22.8 Å². The summed E-state index contributed by atoms with van der Waals surface area (Å²) in [5.41, 5.74) is -0.992. The van der Waals surface area contributed by atoms with Crippen molar-refractivity contribution in [3.8, 4) is 0 Å². The summed E-state index contributed by atoms with van der Waals surface area (Å²) in [6.07, 6.45) is 0. The minimum atomic E-state index is -4.03. The number of halogens is 4. The van der Waals surface area contributed by atoms with E-state index in [1.165, 1.54) is 30.4 Å². The zero-order valence-corrected chi connectivity index (χ0v) is 17.8. The molecule has 1 aromatic carbocycles. The fourth-order valence-electron chi connectivity index (χ4n) is 2.43. The highest BCUT2D eigenvalue weighted by atomic mass is 79.9. The molecule has 1 aromatic heterocycles. The summed E-state index contributed by atoms with van der Waals surface area (Å²) < 4.78 is 43.2. The molecule has 152 valence electrons. The van der Waals surface area contributed by atoms with Crippen LogP contribution in [-0.2, 0) is 15.5 Å². The molecule has 2 N–H and O–H groups in total. The van der Waals surface area contributed by atoms with Crippen molar-refractivity contribution in [2.75, 3.05) is 0 Å². The van der Waals surface area contributed by atoms with E-state index in [1.54, 1.807) is 13.8 Å². The third-order valence-electron chi connectivity index (χ3n) is 4.39. The Balaban J connectivity index is 1.99. The average Bonchev–Trinajstić information content (AvgIpc) is 3.07. The van der Waals surface area contributed by atoms with Crippen LogP contribution in [0.15, 0.2) is 40.2 Å². The van der Waals surface area contributed by atoms with Gasteiger partial charge in [-0.2, -0.15) is 8.78 Å². The third kappa shape index (κ3) is 5.14. The van der Waals surface area contributed by atoms with Crippen LogP contribution in [0.2, 0.25) is 0 Å². The lowest BCUT2D eigenvalue weighted by atomic mass is 10.0. The van der Waals surface area contributed by atoms with Gasteiger partial charge in [0.15, 0.2) is 0 Å². The highest BCUT2D eigenvalue weighted by molar-refractivity contribution is 9.11. The first-order valence-electron chi connectivity index (χ1n) is 8.53. The third-order valence-corrected chi connectivity index (χ3v) is 6.20. The van der Waals surface area contributed by atoms with Gasteiger partial charge in [-0.1, -0.05) is 12.1 Å². The van der Waals surface area contributed by atoms with Gasteiger partial charge in [0.2, 0.25) is 5.91 Å². The minimum Gasteiger partial charge on any atom is -0.351 e. The predicted octanol–water partition coefficient (Wildman–Crippen LogP) is 4.55. The van der Waals surface area contributed by atoms with E-state index < -0.39 is 41.2 Å². The normalized spacial score (nSPS) is 14.8. The van der Waals surface area contributed by atoms with E-state index in [0.717, 1.165) is 20.8 Å². The van der Waals surface area contributed by atoms with Crippen molar-refractivity contribution in [1.29, 1.82) is 0 Å². The summed E-state index contributed by atoms with van der Waals surface area (Å²) in [6.45, 7) is 4.82. The SMILES string of the molecule is CC(C(=O)NC(C)C(C)NC(=O)C(F)(F)c1ccccc1F)c1ccc(Br)s1. The first-order valence-corrected chi connectivity index (χ1v) is 10.1. The number of hydrogen-bond donors (Lipinski definition) is 2. The number of nitrogens with one attached hydrogen (secondary N) is 2. The minimum absolute atomic E-state index is 0.288. The van der Waals surface area contributed by atoms with Crippen LogP contribution in [-0.4, -0.2) is 23.9 Å². The molecule has 2 amide bonds. The Hall–Kier alpha value is -1.87. The molecule has 0 saturated carbocycles. The predicted molar refractivity (Wildman–Crippen MR) is 106 cm³/mol. The van der Waals surface area contributed by atoms with Crippen molar-refractivity contribution >= 4 is 39.1 Å². The van der Waals surface area contributed by atoms with Crippen LogP contribution in [0.25, 0.3) is 0 Å². The van der Waals surface area contributed by atoms with E-state index in [4.69, 9.17) is 0 Å². The molecule has 0 bridgehead atoms. The molecule has 0 aliphatic heterocycles. The number of carbonyl (C=O) groups excluding carboxylic acids is 2. The fraction of sp³-hybridized carbons (Fsp3) is 0.368. The van der Waals surface area contributed by atoms with E-state index in [0.29, 0.717) is 0 Å². The Bertz CT molecular complexity index is 859. The molecule has 0 aliphatic rings. The highest BCUT2D eigenvalue weighted by Gasteiger charge is 2.43. The number of alkyl halides is 2. The summed E-state index contributed by atoms with van der Waals surface area (Å²) in [6, 6.07) is 6.48. The molecule has 0 saturated heterocycles. The monoisotopic (exact) mass is 476 g/mol. The Kier molecular flexibility index (Phi) is 7.28. The van der Waals surface area contributed by atoms with Crippen molar-refractivity contribution in [3.63, 3.8) is 0 Å². The van der Waals surface area contributed by atoms with Crippen LogP contribution in [0, 0.1) is 5.82 Å². The molecule has 3 unspecified atom stereocenters. The number of thiophene rings is 1. The smallest absolute Gasteiger partial charge is 0.351 e. The molecule has 2 aromatic rings. The van der Waals surface area contributed by atoms with Crippen LogP contribution in [0.1, 0.15) is 37.1 Å².